The van der Waals surface area contributed by atoms with Crippen LogP contribution in [0.1, 0.15) is 16.1 Å². The van der Waals surface area contributed by atoms with Crippen LogP contribution in [0.15, 0.2) is 54.8 Å². The van der Waals surface area contributed by atoms with E-state index in [4.69, 9.17) is 0 Å². The number of nitrogens with zero attached hydrogens (tertiary/aromatic N) is 4. The van der Waals surface area contributed by atoms with E-state index in [0.717, 1.165) is 0 Å². The molecule has 22 heavy (non-hydrogen) atoms. The van der Waals surface area contributed by atoms with E-state index >= 15 is 0 Å². The van der Waals surface area contributed by atoms with Crippen LogP contribution in [-0.4, -0.2) is 25.1 Å². The first-order valence-corrected chi connectivity index (χ1v) is 6.77. The van der Waals surface area contributed by atoms with Gasteiger partial charge in [-0.05, 0) is 35.9 Å². The van der Waals surface area contributed by atoms with E-state index in [-0.39, 0.29) is 5.78 Å². The van der Waals surface area contributed by atoms with Gasteiger partial charge in [0, 0.05) is 11.8 Å². The van der Waals surface area contributed by atoms with E-state index in [2.05, 4.69) is 10.1 Å². The molecule has 3 heterocycles. The highest BCUT2D eigenvalue weighted by molar-refractivity contribution is 6.12. The van der Waals surface area contributed by atoms with Gasteiger partial charge in [-0.2, -0.15) is 5.10 Å². The molecule has 6 heteroatoms. The average Bonchev–Trinajstić information content (AvgIpc) is 3.20. The van der Waals surface area contributed by atoms with E-state index in [9.17, 15) is 9.18 Å². The molecule has 0 fully saturated rings. The van der Waals surface area contributed by atoms with Crippen molar-refractivity contribution in [2.45, 2.75) is 6.54 Å². The fourth-order valence-electron chi connectivity index (χ4n) is 2.62. The molecule has 0 aliphatic carbocycles. The number of hydrogen-bond acceptors (Lipinski definition) is 3. The number of carbonyl (C=O) groups excluding carboxylic acids is 1. The summed E-state index contributed by atoms with van der Waals surface area (Å²) in [5.74, 6) is -0.421. The number of aromatic nitrogens is 4. The van der Waals surface area contributed by atoms with Crippen molar-refractivity contribution in [3.8, 4) is 5.69 Å². The molecule has 4 rings (SSSR count). The summed E-state index contributed by atoms with van der Waals surface area (Å²) < 4.78 is 17.4. The first-order valence-electron chi connectivity index (χ1n) is 6.77. The maximum atomic E-state index is 14.2. The molecule has 1 aromatic carbocycles. The predicted octanol–water partition coefficient (Wildman–Crippen LogP) is 2.49. The number of halogens is 1. The summed E-state index contributed by atoms with van der Waals surface area (Å²) in [7, 11) is 0. The predicted molar refractivity (Wildman–Crippen MR) is 78.1 cm³/mol. The summed E-state index contributed by atoms with van der Waals surface area (Å²) in [4.78, 5) is 16.0. The molecule has 0 radical (unpaired) electrons. The third-order valence-corrected chi connectivity index (χ3v) is 3.67. The third kappa shape index (κ3) is 1.96. The normalized spacial score (nSPS) is 15.5. The zero-order valence-electron chi connectivity index (χ0n) is 11.5. The summed E-state index contributed by atoms with van der Waals surface area (Å²) in [5, 5.41) is 3.91. The smallest absolute Gasteiger partial charge is 0.207 e. The van der Waals surface area contributed by atoms with Gasteiger partial charge in [0.25, 0.3) is 0 Å². The fourth-order valence-corrected chi connectivity index (χ4v) is 2.62. The number of benzene rings is 1. The fraction of sp³-hybridized carbons (Fsp3) is 0.0625. The lowest BCUT2D eigenvalue weighted by atomic mass is 10.1. The molecular weight excluding hydrogens is 283 g/mol. The number of hydrogen-bond donors (Lipinski definition) is 0. The van der Waals surface area contributed by atoms with Crippen LogP contribution < -0.4 is 0 Å². The van der Waals surface area contributed by atoms with E-state index in [1.807, 2.05) is 16.8 Å². The van der Waals surface area contributed by atoms with Crippen molar-refractivity contribution in [1.82, 2.24) is 19.3 Å². The SMILES string of the molecule is O=C1C(=Cc2ccc(-n3cncn3)c(F)c2)Cn2cccc21. The molecular formula is C16H11FN4O. The van der Waals surface area contributed by atoms with Crippen molar-refractivity contribution in [2.75, 3.05) is 0 Å². The first kappa shape index (κ1) is 12.7. The zero-order chi connectivity index (χ0) is 15.1. The van der Waals surface area contributed by atoms with E-state index in [0.29, 0.717) is 29.1 Å². The van der Waals surface area contributed by atoms with Gasteiger partial charge in [0.1, 0.15) is 24.2 Å². The van der Waals surface area contributed by atoms with Crippen molar-refractivity contribution >= 4 is 11.9 Å². The van der Waals surface area contributed by atoms with Crippen LogP contribution in [0.4, 0.5) is 4.39 Å². The quantitative estimate of drug-likeness (QED) is 0.682. The summed E-state index contributed by atoms with van der Waals surface area (Å²) in [6, 6.07) is 8.41. The largest absolute Gasteiger partial charge is 0.340 e. The second-order valence-electron chi connectivity index (χ2n) is 5.07. The van der Waals surface area contributed by atoms with Gasteiger partial charge in [0.05, 0.1) is 12.2 Å². The molecule has 0 N–H and O–H groups in total. The van der Waals surface area contributed by atoms with Gasteiger partial charge < -0.3 is 4.57 Å². The Bertz CT molecular complexity index is 893. The van der Waals surface area contributed by atoms with Gasteiger partial charge in [0.15, 0.2) is 0 Å². The molecule has 108 valence electrons. The molecule has 0 bridgehead atoms. The Hall–Kier alpha value is -3.02. The van der Waals surface area contributed by atoms with Crippen LogP contribution in [0.5, 0.6) is 0 Å². The van der Waals surface area contributed by atoms with Gasteiger partial charge in [-0.3, -0.25) is 4.79 Å². The number of Topliss-reactive ketones (excluding diaryl/α,β-unsaturated/α-hetero) is 1. The summed E-state index contributed by atoms with van der Waals surface area (Å²) in [6.45, 7) is 0.521. The van der Waals surface area contributed by atoms with Crippen LogP contribution >= 0.6 is 0 Å². The average molecular weight is 294 g/mol. The van der Waals surface area contributed by atoms with Crippen molar-refractivity contribution in [3.05, 3.63) is 71.8 Å². The number of allylic oxidation sites excluding steroid dienone is 1. The zero-order valence-corrected chi connectivity index (χ0v) is 11.5. The number of ketones is 1. The summed E-state index contributed by atoms with van der Waals surface area (Å²) >= 11 is 0. The third-order valence-electron chi connectivity index (χ3n) is 3.67. The molecule has 1 aliphatic heterocycles. The van der Waals surface area contributed by atoms with Gasteiger partial charge in [-0.1, -0.05) is 6.07 Å². The summed E-state index contributed by atoms with van der Waals surface area (Å²) in [6.07, 6.45) is 6.37. The van der Waals surface area contributed by atoms with Crippen LogP contribution in [-0.2, 0) is 6.54 Å². The Labute approximate surface area is 125 Å². The number of carbonyl (C=O) groups is 1. The maximum absolute atomic E-state index is 14.2. The second kappa shape index (κ2) is 4.77. The van der Waals surface area contributed by atoms with Crippen molar-refractivity contribution in [3.63, 3.8) is 0 Å². The van der Waals surface area contributed by atoms with E-state index in [1.165, 1.54) is 23.4 Å². The van der Waals surface area contributed by atoms with Crippen LogP contribution in [0, 0.1) is 5.82 Å². The highest BCUT2D eigenvalue weighted by Crippen LogP contribution is 2.23. The van der Waals surface area contributed by atoms with Crippen molar-refractivity contribution in [2.24, 2.45) is 0 Å². The molecule has 3 aromatic rings. The molecule has 0 unspecified atom stereocenters. The number of rotatable bonds is 2. The topological polar surface area (TPSA) is 52.7 Å². The molecule has 0 saturated carbocycles. The Morgan fingerprint density at radius 3 is 2.91 bits per heavy atom. The molecule has 0 spiro atoms. The maximum Gasteiger partial charge on any atom is 0.207 e. The van der Waals surface area contributed by atoms with E-state index in [1.54, 1.807) is 24.3 Å². The summed E-state index contributed by atoms with van der Waals surface area (Å²) in [5.41, 5.74) is 2.30. The lowest BCUT2D eigenvalue weighted by Gasteiger charge is -2.04. The molecule has 5 nitrogen and oxygen atoms in total. The van der Waals surface area contributed by atoms with E-state index < -0.39 is 5.82 Å². The lowest BCUT2D eigenvalue weighted by molar-refractivity contribution is 0.103. The first-order chi connectivity index (χ1) is 10.7. The molecule has 0 amide bonds. The van der Waals surface area contributed by atoms with Crippen molar-refractivity contribution in [1.29, 1.82) is 0 Å². The van der Waals surface area contributed by atoms with Crippen LogP contribution in [0.3, 0.4) is 0 Å². The minimum absolute atomic E-state index is 0.00855. The molecule has 0 saturated heterocycles. The minimum atomic E-state index is -0.412. The van der Waals surface area contributed by atoms with Gasteiger partial charge in [0.2, 0.25) is 5.78 Å². The van der Waals surface area contributed by atoms with Gasteiger partial charge in [-0.25, -0.2) is 14.1 Å². The number of fused-ring (bicyclic) bond motifs is 1. The standard InChI is InChI=1S/C16H11FN4O/c17-13-7-11(3-4-14(13)21-10-18-9-19-21)6-12-8-20-5-1-2-15(20)16(12)22/h1-7,9-10H,8H2. The Kier molecular flexibility index (Phi) is 2.75. The molecule has 2 aromatic heterocycles. The molecule has 0 atom stereocenters. The monoisotopic (exact) mass is 294 g/mol. The van der Waals surface area contributed by atoms with Gasteiger partial charge in [-0.15, -0.1) is 0 Å². The van der Waals surface area contributed by atoms with Crippen LogP contribution in [0.25, 0.3) is 11.8 Å². The second-order valence-corrected chi connectivity index (χ2v) is 5.07. The highest BCUT2D eigenvalue weighted by Gasteiger charge is 2.23. The van der Waals surface area contributed by atoms with Crippen LogP contribution in [0.2, 0.25) is 0 Å². The Morgan fingerprint density at radius 1 is 1.27 bits per heavy atom. The molecule has 1 aliphatic rings. The lowest BCUT2D eigenvalue weighted by Crippen LogP contribution is -1.99. The van der Waals surface area contributed by atoms with Crippen molar-refractivity contribution < 1.29 is 9.18 Å². The highest BCUT2D eigenvalue weighted by atomic mass is 19.1. The Morgan fingerprint density at radius 2 is 2.18 bits per heavy atom. The minimum Gasteiger partial charge on any atom is -0.340 e. The van der Waals surface area contributed by atoms with Gasteiger partial charge >= 0.3 is 0 Å². The Balaban J connectivity index is 1.68.